The number of carbonyl (C=O) groups is 2. The molecule has 7 nitrogen and oxygen atoms in total. The van der Waals surface area contributed by atoms with Crippen molar-refractivity contribution >= 4 is 11.8 Å². The van der Waals surface area contributed by atoms with Gasteiger partial charge in [0.1, 0.15) is 5.82 Å². The topological polar surface area (TPSA) is 56.3 Å². The first kappa shape index (κ1) is 24.6. The fourth-order valence-corrected chi connectivity index (χ4v) is 4.31. The van der Waals surface area contributed by atoms with Crippen molar-refractivity contribution in [1.29, 1.82) is 0 Å². The van der Waals surface area contributed by atoms with Crippen LogP contribution < -0.4 is 0 Å². The van der Waals surface area contributed by atoms with Gasteiger partial charge in [-0.05, 0) is 45.4 Å². The van der Waals surface area contributed by atoms with Gasteiger partial charge in [-0.1, -0.05) is 12.1 Å². The maximum absolute atomic E-state index is 13.6. The van der Waals surface area contributed by atoms with Crippen LogP contribution in [0, 0.1) is 5.82 Å². The van der Waals surface area contributed by atoms with E-state index in [1.807, 2.05) is 43.6 Å². The van der Waals surface area contributed by atoms with E-state index in [4.69, 9.17) is 4.74 Å². The van der Waals surface area contributed by atoms with Crippen molar-refractivity contribution in [2.75, 3.05) is 59.0 Å². The number of ether oxygens (including phenoxy) is 1. The Hall–Kier alpha value is -2.03. The van der Waals surface area contributed by atoms with E-state index in [2.05, 4.69) is 9.80 Å². The van der Waals surface area contributed by atoms with Crippen LogP contribution in [0.2, 0.25) is 0 Å². The number of halogens is 1. The summed E-state index contributed by atoms with van der Waals surface area (Å²) in [6.07, 6.45) is 0. The second-order valence-electron chi connectivity index (χ2n) is 9.71. The molecule has 1 aromatic carbocycles. The summed E-state index contributed by atoms with van der Waals surface area (Å²) >= 11 is 0. The molecule has 178 valence electrons. The first-order chi connectivity index (χ1) is 15.1. The van der Waals surface area contributed by atoms with E-state index in [1.54, 1.807) is 6.07 Å². The number of carbonyl (C=O) groups excluding carboxylic acids is 2. The second kappa shape index (κ2) is 10.7. The smallest absolute Gasteiger partial charge is 0.239 e. The molecule has 2 amide bonds. The third-order valence-electron chi connectivity index (χ3n) is 6.33. The average Bonchev–Trinajstić information content (AvgIpc) is 2.77. The number of hydrogen-bond donors (Lipinski definition) is 0. The molecule has 3 rings (SSSR count). The number of nitrogens with zero attached hydrogens (tertiary/aromatic N) is 4. The lowest BCUT2D eigenvalue weighted by Gasteiger charge is -2.41. The predicted octanol–water partition coefficient (Wildman–Crippen LogP) is 1.82. The minimum atomic E-state index is -0.371. The Balaban J connectivity index is 1.53. The molecule has 2 aliphatic heterocycles. The Morgan fingerprint density at radius 2 is 1.75 bits per heavy atom. The van der Waals surface area contributed by atoms with Crippen LogP contribution in [0.4, 0.5) is 4.39 Å². The van der Waals surface area contributed by atoms with E-state index in [-0.39, 0.29) is 29.2 Å². The fourth-order valence-electron chi connectivity index (χ4n) is 4.31. The molecule has 0 spiro atoms. The highest BCUT2D eigenvalue weighted by atomic mass is 19.1. The lowest BCUT2D eigenvalue weighted by molar-refractivity contribution is -0.143. The van der Waals surface area contributed by atoms with E-state index >= 15 is 0 Å². The van der Waals surface area contributed by atoms with Gasteiger partial charge in [-0.3, -0.25) is 19.4 Å². The maximum atomic E-state index is 13.6. The molecule has 32 heavy (non-hydrogen) atoms. The minimum Gasteiger partial charge on any atom is -0.378 e. The van der Waals surface area contributed by atoms with Gasteiger partial charge >= 0.3 is 0 Å². The van der Waals surface area contributed by atoms with Crippen LogP contribution in [0.1, 0.15) is 33.3 Å². The number of piperazine rings is 1. The van der Waals surface area contributed by atoms with E-state index in [0.717, 1.165) is 31.7 Å². The summed E-state index contributed by atoms with van der Waals surface area (Å²) in [6, 6.07) is 6.26. The Morgan fingerprint density at radius 3 is 2.34 bits per heavy atom. The molecular formula is C24H37FN4O3. The molecule has 8 heteroatoms. The van der Waals surface area contributed by atoms with Crippen LogP contribution in [0.15, 0.2) is 24.3 Å². The van der Waals surface area contributed by atoms with Crippen molar-refractivity contribution in [2.45, 2.75) is 45.8 Å². The Labute approximate surface area is 191 Å². The van der Waals surface area contributed by atoms with Crippen LogP contribution in [0.5, 0.6) is 0 Å². The molecule has 0 saturated carbocycles. The summed E-state index contributed by atoms with van der Waals surface area (Å²) in [7, 11) is 0. The summed E-state index contributed by atoms with van der Waals surface area (Å²) < 4.78 is 19.0. The van der Waals surface area contributed by atoms with Crippen molar-refractivity contribution in [3.8, 4) is 0 Å². The SMILES string of the molecule is CC(C(=O)N1CCOCC1)N1CCN(CC(=O)N(Cc2cccc(F)c2)C(C)(C)C)CC1. The molecule has 2 aliphatic rings. The van der Waals surface area contributed by atoms with Crippen molar-refractivity contribution in [2.24, 2.45) is 0 Å². The maximum Gasteiger partial charge on any atom is 0.239 e. The summed E-state index contributed by atoms with van der Waals surface area (Å²) in [5, 5.41) is 0. The van der Waals surface area contributed by atoms with Crippen LogP contribution in [0.3, 0.4) is 0 Å². The normalized spacial score (nSPS) is 19.6. The quantitative estimate of drug-likeness (QED) is 0.665. The number of hydrogen-bond acceptors (Lipinski definition) is 5. The molecule has 2 heterocycles. The van der Waals surface area contributed by atoms with Crippen LogP contribution >= 0.6 is 0 Å². The largest absolute Gasteiger partial charge is 0.378 e. The molecule has 1 unspecified atom stereocenters. The van der Waals surface area contributed by atoms with Gasteiger partial charge in [0.25, 0.3) is 0 Å². The second-order valence-corrected chi connectivity index (χ2v) is 9.71. The third kappa shape index (κ3) is 6.49. The highest BCUT2D eigenvalue weighted by Crippen LogP contribution is 2.19. The standard InChI is InChI=1S/C24H37FN4O3/c1-19(23(31)28-12-14-32-15-13-28)27-10-8-26(9-11-27)18-22(30)29(24(2,3)4)17-20-6-5-7-21(25)16-20/h5-7,16,19H,8-15,17-18H2,1-4H3. The van der Waals surface area contributed by atoms with Crippen molar-refractivity contribution < 1.29 is 18.7 Å². The average molecular weight is 449 g/mol. The summed E-state index contributed by atoms with van der Waals surface area (Å²) in [5.41, 5.74) is 0.415. The molecule has 1 atom stereocenters. The lowest BCUT2D eigenvalue weighted by atomic mass is 10.0. The predicted molar refractivity (Wildman–Crippen MR) is 122 cm³/mol. The summed E-state index contributed by atoms with van der Waals surface area (Å²) in [4.78, 5) is 34.0. The Kier molecular flexibility index (Phi) is 8.25. The third-order valence-corrected chi connectivity index (χ3v) is 6.33. The summed E-state index contributed by atoms with van der Waals surface area (Å²) in [5.74, 6) is -0.0971. The molecule has 1 aromatic rings. The van der Waals surface area contributed by atoms with Crippen LogP contribution in [0.25, 0.3) is 0 Å². The minimum absolute atomic E-state index is 0.0349. The van der Waals surface area contributed by atoms with E-state index in [0.29, 0.717) is 39.4 Å². The van der Waals surface area contributed by atoms with Gasteiger partial charge in [0, 0.05) is 51.4 Å². The molecule has 0 N–H and O–H groups in total. The lowest BCUT2D eigenvalue weighted by Crippen LogP contribution is -2.57. The van der Waals surface area contributed by atoms with E-state index < -0.39 is 0 Å². The van der Waals surface area contributed by atoms with Gasteiger partial charge in [0.2, 0.25) is 11.8 Å². The van der Waals surface area contributed by atoms with Crippen LogP contribution in [-0.2, 0) is 20.9 Å². The highest BCUT2D eigenvalue weighted by Gasteiger charge is 2.32. The Morgan fingerprint density at radius 1 is 1.09 bits per heavy atom. The van der Waals surface area contributed by atoms with Crippen molar-refractivity contribution in [3.63, 3.8) is 0 Å². The van der Waals surface area contributed by atoms with Crippen molar-refractivity contribution in [1.82, 2.24) is 19.6 Å². The summed E-state index contributed by atoms with van der Waals surface area (Å²) in [6.45, 7) is 14.2. The number of benzene rings is 1. The molecule has 2 fully saturated rings. The first-order valence-electron chi connectivity index (χ1n) is 11.5. The van der Waals surface area contributed by atoms with Crippen LogP contribution in [-0.4, -0.2) is 102 Å². The monoisotopic (exact) mass is 448 g/mol. The zero-order chi connectivity index (χ0) is 23.3. The zero-order valence-electron chi connectivity index (χ0n) is 19.8. The Bertz CT molecular complexity index is 784. The number of rotatable bonds is 6. The van der Waals surface area contributed by atoms with E-state index in [9.17, 15) is 14.0 Å². The molecular weight excluding hydrogens is 411 g/mol. The fraction of sp³-hybridized carbons (Fsp3) is 0.667. The van der Waals surface area contributed by atoms with Gasteiger partial charge in [0.15, 0.2) is 0 Å². The number of morpholine rings is 1. The molecule has 2 saturated heterocycles. The zero-order valence-corrected chi connectivity index (χ0v) is 19.8. The van der Waals surface area contributed by atoms with Gasteiger partial charge in [0.05, 0.1) is 25.8 Å². The van der Waals surface area contributed by atoms with E-state index in [1.165, 1.54) is 12.1 Å². The first-order valence-corrected chi connectivity index (χ1v) is 11.5. The van der Waals surface area contributed by atoms with Gasteiger partial charge in [-0.2, -0.15) is 0 Å². The van der Waals surface area contributed by atoms with Gasteiger partial charge in [-0.15, -0.1) is 0 Å². The van der Waals surface area contributed by atoms with Crippen molar-refractivity contribution in [3.05, 3.63) is 35.6 Å². The highest BCUT2D eigenvalue weighted by molar-refractivity contribution is 5.81. The molecule has 0 aromatic heterocycles. The molecule has 0 aliphatic carbocycles. The van der Waals surface area contributed by atoms with Gasteiger partial charge in [-0.25, -0.2) is 4.39 Å². The molecule has 0 radical (unpaired) electrons. The number of amides is 2. The molecule has 0 bridgehead atoms. The van der Waals surface area contributed by atoms with Gasteiger partial charge < -0.3 is 14.5 Å².